The zero-order valence-corrected chi connectivity index (χ0v) is 10.9. The summed E-state index contributed by atoms with van der Waals surface area (Å²) in [6.45, 7) is 9.90. The van der Waals surface area contributed by atoms with Crippen LogP contribution in [0.2, 0.25) is 0 Å². The molecule has 0 aliphatic heterocycles. The number of hydrogen-bond donors (Lipinski definition) is 1. The molecule has 0 rings (SSSR count). The molecule has 90 valence electrons. The molecular weight excluding hydrogens is 190 g/mol. The molecule has 1 unspecified atom stereocenters. The minimum absolute atomic E-state index is 0.262. The maximum absolute atomic E-state index is 11.4. The van der Waals surface area contributed by atoms with Gasteiger partial charge >= 0.3 is 0 Å². The zero-order chi connectivity index (χ0) is 12.1. The number of likely N-dealkylation sites (N-methyl/N-ethyl adjacent to an activating group) is 2. The highest BCUT2D eigenvalue weighted by Gasteiger charge is 2.37. The fourth-order valence-corrected chi connectivity index (χ4v) is 1.85. The van der Waals surface area contributed by atoms with Gasteiger partial charge in [0, 0.05) is 6.04 Å². The first-order chi connectivity index (χ1) is 6.94. The van der Waals surface area contributed by atoms with Gasteiger partial charge in [-0.2, -0.15) is 0 Å². The van der Waals surface area contributed by atoms with Crippen molar-refractivity contribution < 1.29 is 4.79 Å². The van der Waals surface area contributed by atoms with Gasteiger partial charge in [0.25, 0.3) is 0 Å². The summed E-state index contributed by atoms with van der Waals surface area (Å²) in [7, 11) is 3.84. The predicted molar refractivity (Wildman–Crippen MR) is 63.7 cm³/mol. The summed E-state index contributed by atoms with van der Waals surface area (Å²) in [4.78, 5) is 15.5. The summed E-state index contributed by atoms with van der Waals surface area (Å²) in [6, 6.07) is 0.262. The zero-order valence-electron chi connectivity index (χ0n) is 10.9. The second-order valence-corrected chi connectivity index (χ2v) is 4.21. The summed E-state index contributed by atoms with van der Waals surface area (Å²) in [5.41, 5.74) is 0. The maximum Gasteiger partial charge on any atom is 0.186 e. The summed E-state index contributed by atoms with van der Waals surface area (Å²) >= 11 is 0. The largest absolute Gasteiger partial charge is 0.298 e. The van der Waals surface area contributed by atoms with Gasteiger partial charge < -0.3 is 0 Å². The molecule has 0 radical (unpaired) electrons. The molecule has 4 nitrogen and oxygen atoms in total. The SMILES string of the molecule is CCN(CC)C(C=O)(NC(C)C)N(C)C. The first kappa shape index (κ1) is 14.6. The lowest BCUT2D eigenvalue weighted by Crippen LogP contribution is -2.69. The summed E-state index contributed by atoms with van der Waals surface area (Å²) in [5, 5.41) is 3.33. The molecule has 1 atom stereocenters. The van der Waals surface area contributed by atoms with E-state index in [1.54, 1.807) is 0 Å². The van der Waals surface area contributed by atoms with Crippen LogP contribution in [-0.2, 0) is 4.79 Å². The van der Waals surface area contributed by atoms with Crippen LogP contribution in [0.15, 0.2) is 0 Å². The predicted octanol–water partition coefficient (Wildman–Crippen LogP) is 0.741. The fourth-order valence-electron chi connectivity index (χ4n) is 1.85. The third kappa shape index (κ3) is 3.26. The Hall–Kier alpha value is -0.450. The van der Waals surface area contributed by atoms with Crippen molar-refractivity contribution >= 4 is 6.29 Å². The van der Waals surface area contributed by atoms with Gasteiger partial charge in [-0.05, 0) is 41.0 Å². The van der Waals surface area contributed by atoms with E-state index >= 15 is 0 Å². The van der Waals surface area contributed by atoms with Crippen LogP contribution in [0.4, 0.5) is 0 Å². The monoisotopic (exact) mass is 215 g/mol. The van der Waals surface area contributed by atoms with Gasteiger partial charge in [-0.3, -0.25) is 19.9 Å². The second kappa shape index (κ2) is 6.20. The minimum atomic E-state index is -0.683. The molecule has 0 aromatic heterocycles. The molecule has 4 heteroatoms. The van der Waals surface area contributed by atoms with Crippen molar-refractivity contribution in [2.75, 3.05) is 27.2 Å². The number of rotatable bonds is 7. The molecule has 0 bridgehead atoms. The fraction of sp³-hybridized carbons (Fsp3) is 0.909. The minimum Gasteiger partial charge on any atom is -0.298 e. The summed E-state index contributed by atoms with van der Waals surface area (Å²) in [5.74, 6) is -0.683. The van der Waals surface area contributed by atoms with Gasteiger partial charge in [-0.1, -0.05) is 13.8 Å². The first-order valence-corrected chi connectivity index (χ1v) is 5.61. The summed E-state index contributed by atoms with van der Waals surface area (Å²) < 4.78 is 0. The first-order valence-electron chi connectivity index (χ1n) is 5.61. The van der Waals surface area contributed by atoms with Crippen molar-refractivity contribution in [3.05, 3.63) is 0 Å². The standard InChI is InChI=1S/C11H25N3O/c1-7-14(8-2)11(9-15,13(5)6)12-10(3)4/h9-10,12H,7-8H2,1-6H3. The molecule has 0 aromatic rings. The average molecular weight is 215 g/mol. The Bertz CT molecular complexity index is 190. The van der Waals surface area contributed by atoms with E-state index in [0.717, 1.165) is 19.4 Å². The topological polar surface area (TPSA) is 35.6 Å². The van der Waals surface area contributed by atoms with Crippen molar-refractivity contribution in [1.29, 1.82) is 0 Å². The van der Waals surface area contributed by atoms with E-state index < -0.39 is 5.79 Å². The van der Waals surface area contributed by atoms with Gasteiger partial charge in [-0.25, -0.2) is 0 Å². The van der Waals surface area contributed by atoms with E-state index in [1.165, 1.54) is 0 Å². The van der Waals surface area contributed by atoms with Gasteiger partial charge in [0.15, 0.2) is 12.1 Å². The molecule has 0 aromatic carbocycles. The molecule has 15 heavy (non-hydrogen) atoms. The number of aldehydes is 1. The van der Waals surface area contributed by atoms with Crippen LogP contribution in [0.25, 0.3) is 0 Å². The van der Waals surface area contributed by atoms with Crippen molar-refractivity contribution in [3.63, 3.8) is 0 Å². The lowest BCUT2D eigenvalue weighted by molar-refractivity contribution is -0.135. The van der Waals surface area contributed by atoms with Crippen molar-refractivity contribution in [2.24, 2.45) is 0 Å². The van der Waals surface area contributed by atoms with Gasteiger partial charge in [0.05, 0.1) is 0 Å². The van der Waals surface area contributed by atoms with E-state index in [4.69, 9.17) is 0 Å². The lowest BCUT2D eigenvalue weighted by atomic mass is 10.2. The van der Waals surface area contributed by atoms with Crippen molar-refractivity contribution in [2.45, 2.75) is 39.5 Å². The molecule has 0 amide bonds. The molecular formula is C11H25N3O. The van der Waals surface area contributed by atoms with Gasteiger partial charge in [-0.15, -0.1) is 0 Å². The van der Waals surface area contributed by atoms with E-state index in [2.05, 4.69) is 24.1 Å². The van der Waals surface area contributed by atoms with Crippen LogP contribution in [-0.4, -0.2) is 55.1 Å². The molecule has 1 N–H and O–H groups in total. The number of nitrogens with one attached hydrogen (secondary N) is 1. The van der Waals surface area contributed by atoms with Gasteiger partial charge in [0.2, 0.25) is 0 Å². The molecule has 0 heterocycles. The normalized spacial score (nSPS) is 16.1. The Morgan fingerprint density at radius 2 is 1.73 bits per heavy atom. The number of carbonyl (C=O) groups excluding carboxylic acids is 1. The molecule has 0 aliphatic rings. The molecule has 0 fully saturated rings. The average Bonchev–Trinajstić information content (AvgIpc) is 2.16. The van der Waals surface area contributed by atoms with E-state index in [-0.39, 0.29) is 6.04 Å². The van der Waals surface area contributed by atoms with Crippen LogP contribution in [0.1, 0.15) is 27.7 Å². The van der Waals surface area contributed by atoms with E-state index in [1.807, 2.05) is 32.8 Å². The Kier molecular flexibility index (Phi) is 6.02. The third-order valence-electron chi connectivity index (χ3n) is 2.59. The van der Waals surface area contributed by atoms with E-state index in [9.17, 15) is 4.79 Å². The number of nitrogens with zero attached hydrogens (tertiary/aromatic N) is 2. The van der Waals surface area contributed by atoms with Crippen molar-refractivity contribution in [1.82, 2.24) is 15.1 Å². The smallest absolute Gasteiger partial charge is 0.186 e. The Balaban J connectivity index is 5.03. The second-order valence-electron chi connectivity index (χ2n) is 4.21. The Labute approximate surface area is 93.6 Å². The highest BCUT2D eigenvalue weighted by atomic mass is 16.1. The molecule has 0 spiro atoms. The lowest BCUT2D eigenvalue weighted by Gasteiger charge is -2.45. The number of hydrogen-bond acceptors (Lipinski definition) is 4. The third-order valence-corrected chi connectivity index (χ3v) is 2.59. The Morgan fingerprint density at radius 1 is 1.27 bits per heavy atom. The van der Waals surface area contributed by atoms with Crippen LogP contribution >= 0.6 is 0 Å². The van der Waals surface area contributed by atoms with Crippen LogP contribution < -0.4 is 5.32 Å². The maximum atomic E-state index is 11.4. The highest BCUT2D eigenvalue weighted by Crippen LogP contribution is 2.13. The van der Waals surface area contributed by atoms with Gasteiger partial charge in [0.1, 0.15) is 0 Å². The molecule has 0 aliphatic carbocycles. The van der Waals surface area contributed by atoms with Crippen molar-refractivity contribution in [3.8, 4) is 0 Å². The van der Waals surface area contributed by atoms with Crippen LogP contribution in [0.5, 0.6) is 0 Å². The Morgan fingerprint density at radius 3 is 1.93 bits per heavy atom. The van der Waals surface area contributed by atoms with Crippen LogP contribution in [0, 0.1) is 0 Å². The van der Waals surface area contributed by atoms with Crippen LogP contribution in [0.3, 0.4) is 0 Å². The summed E-state index contributed by atoms with van der Waals surface area (Å²) in [6.07, 6.45) is 0.986. The number of carbonyl (C=O) groups is 1. The quantitative estimate of drug-likeness (QED) is 0.502. The van der Waals surface area contributed by atoms with E-state index in [0.29, 0.717) is 0 Å². The molecule has 0 saturated carbocycles. The molecule has 0 saturated heterocycles. The highest BCUT2D eigenvalue weighted by molar-refractivity contribution is 5.62.